The van der Waals surface area contributed by atoms with Crippen LogP contribution in [0.5, 0.6) is 0 Å². The fourth-order valence-corrected chi connectivity index (χ4v) is 3.76. The quantitative estimate of drug-likeness (QED) is 0.630. The Morgan fingerprint density at radius 1 is 1.07 bits per heavy atom. The average molecular weight is 381 g/mol. The van der Waals surface area contributed by atoms with Crippen molar-refractivity contribution in [2.75, 3.05) is 5.32 Å². The second kappa shape index (κ2) is 8.39. The standard InChI is InChI=1S/C21H24N4OS/c1-5-25-19(17-12-8-6-10-14(17)2)23-24-21(25)27-16(4)20(26)22-18-13-9-7-11-15(18)3/h6-13,16H,5H2,1-4H3,(H,22,26). The van der Waals surface area contributed by atoms with E-state index in [1.807, 2.05) is 56.3 Å². The van der Waals surface area contributed by atoms with Gasteiger partial charge in [-0.15, -0.1) is 10.2 Å². The molecule has 1 N–H and O–H groups in total. The molecular weight excluding hydrogens is 356 g/mol. The van der Waals surface area contributed by atoms with Crippen molar-refractivity contribution in [2.45, 2.75) is 44.6 Å². The lowest BCUT2D eigenvalue weighted by Gasteiger charge is -2.14. The van der Waals surface area contributed by atoms with Crippen molar-refractivity contribution in [3.05, 3.63) is 59.7 Å². The maximum Gasteiger partial charge on any atom is 0.237 e. The summed E-state index contributed by atoms with van der Waals surface area (Å²) in [5.41, 5.74) is 4.10. The summed E-state index contributed by atoms with van der Waals surface area (Å²) in [5.74, 6) is 0.794. The number of hydrogen-bond acceptors (Lipinski definition) is 4. The maximum absolute atomic E-state index is 12.6. The second-order valence-corrected chi connectivity index (χ2v) is 7.74. The number of aromatic nitrogens is 3. The second-order valence-electron chi connectivity index (χ2n) is 6.43. The predicted molar refractivity (Wildman–Crippen MR) is 111 cm³/mol. The summed E-state index contributed by atoms with van der Waals surface area (Å²) in [7, 11) is 0. The van der Waals surface area contributed by atoms with Crippen LogP contribution in [0.25, 0.3) is 11.4 Å². The number of carbonyl (C=O) groups excluding carboxylic acids is 1. The van der Waals surface area contributed by atoms with Crippen LogP contribution in [0.3, 0.4) is 0 Å². The Kier molecular flexibility index (Phi) is 5.96. The van der Waals surface area contributed by atoms with E-state index >= 15 is 0 Å². The summed E-state index contributed by atoms with van der Waals surface area (Å²) < 4.78 is 2.06. The first-order valence-corrected chi connectivity index (χ1v) is 9.91. The van der Waals surface area contributed by atoms with Crippen LogP contribution in [0.2, 0.25) is 0 Å². The van der Waals surface area contributed by atoms with Gasteiger partial charge >= 0.3 is 0 Å². The van der Waals surface area contributed by atoms with Crippen molar-refractivity contribution in [3.8, 4) is 11.4 Å². The molecule has 0 aliphatic heterocycles. The summed E-state index contributed by atoms with van der Waals surface area (Å²) in [6, 6.07) is 15.9. The molecule has 0 radical (unpaired) electrons. The SMILES string of the molecule is CCn1c(SC(C)C(=O)Nc2ccccc2C)nnc1-c1ccccc1C. The Balaban J connectivity index is 1.78. The topological polar surface area (TPSA) is 59.8 Å². The van der Waals surface area contributed by atoms with E-state index in [0.717, 1.165) is 39.9 Å². The number of carbonyl (C=O) groups is 1. The number of aryl methyl sites for hydroxylation is 2. The van der Waals surface area contributed by atoms with Gasteiger partial charge in [0.2, 0.25) is 5.91 Å². The molecule has 0 aliphatic rings. The highest BCUT2D eigenvalue weighted by Crippen LogP contribution is 2.29. The van der Waals surface area contributed by atoms with Gasteiger partial charge in [-0.2, -0.15) is 0 Å². The molecule has 2 aromatic carbocycles. The van der Waals surface area contributed by atoms with Gasteiger partial charge in [-0.25, -0.2) is 0 Å². The third-order valence-electron chi connectivity index (χ3n) is 4.47. The summed E-state index contributed by atoms with van der Waals surface area (Å²) >= 11 is 1.43. The zero-order valence-electron chi connectivity index (χ0n) is 16.1. The molecule has 27 heavy (non-hydrogen) atoms. The minimum Gasteiger partial charge on any atom is -0.325 e. The first kappa shape index (κ1) is 19.2. The van der Waals surface area contributed by atoms with Crippen molar-refractivity contribution >= 4 is 23.4 Å². The highest BCUT2D eigenvalue weighted by atomic mass is 32.2. The number of rotatable bonds is 6. The van der Waals surface area contributed by atoms with Crippen LogP contribution in [-0.2, 0) is 11.3 Å². The van der Waals surface area contributed by atoms with Gasteiger partial charge in [0, 0.05) is 17.8 Å². The monoisotopic (exact) mass is 380 g/mol. The molecule has 3 aromatic rings. The molecule has 0 spiro atoms. The van der Waals surface area contributed by atoms with Gasteiger partial charge in [-0.3, -0.25) is 4.79 Å². The fourth-order valence-electron chi connectivity index (χ4n) is 2.84. The van der Waals surface area contributed by atoms with Crippen molar-refractivity contribution < 1.29 is 4.79 Å². The molecule has 0 aliphatic carbocycles. The Morgan fingerprint density at radius 3 is 2.41 bits per heavy atom. The summed E-state index contributed by atoms with van der Waals surface area (Å²) in [6.45, 7) is 8.74. The van der Waals surface area contributed by atoms with E-state index in [4.69, 9.17) is 0 Å². The number of benzene rings is 2. The van der Waals surface area contributed by atoms with Gasteiger partial charge in [-0.1, -0.05) is 54.2 Å². The van der Waals surface area contributed by atoms with Crippen molar-refractivity contribution in [1.82, 2.24) is 14.8 Å². The average Bonchev–Trinajstić information content (AvgIpc) is 3.06. The van der Waals surface area contributed by atoms with Gasteiger partial charge in [0.1, 0.15) is 0 Å². The zero-order valence-corrected chi connectivity index (χ0v) is 16.9. The van der Waals surface area contributed by atoms with E-state index in [1.165, 1.54) is 11.8 Å². The van der Waals surface area contributed by atoms with Crippen LogP contribution in [0.4, 0.5) is 5.69 Å². The molecule has 140 valence electrons. The van der Waals surface area contributed by atoms with E-state index in [9.17, 15) is 4.79 Å². The summed E-state index contributed by atoms with van der Waals surface area (Å²) in [4.78, 5) is 12.6. The highest BCUT2D eigenvalue weighted by molar-refractivity contribution is 8.00. The molecule has 0 saturated heterocycles. The van der Waals surface area contributed by atoms with Crippen LogP contribution in [-0.4, -0.2) is 25.9 Å². The first-order chi connectivity index (χ1) is 13.0. The summed E-state index contributed by atoms with van der Waals surface area (Å²) in [5, 5.41) is 12.2. The number of thioether (sulfide) groups is 1. The molecule has 0 bridgehead atoms. The number of amides is 1. The zero-order chi connectivity index (χ0) is 19.4. The third kappa shape index (κ3) is 4.22. The number of para-hydroxylation sites is 1. The Morgan fingerprint density at radius 2 is 1.74 bits per heavy atom. The minimum absolute atomic E-state index is 0.0441. The predicted octanol–water partition coefficient (Wildman–Crippen LogP) is 4.70. The Hall–Kier alpha value is -2.60. The van der Waals surface area contributed by atoms with Crippen molar-refractivity contribution in [1.29, 1.82) is 0 Å². The smallest absolute Gasteiger partial charge is 0.237 e. The first-order valence-electron chi connectivity index (χ1n) is 9.03. The largest absolute Gasteiger partial charge is 0.325 e. The lowest BCUT2D eigenvalue weighted by molar-refractivity contribution is -0.115. The van der Waals surface area contributed by atoms with Gasteiger partial charge in [0.05, 0.1) is 5.25 Å². The Bertz CT molecular complexity index is 951. The van der Waals surface area contributed by atoms with E-state index in [2.05, 4.69) is 40.0 Å². The molecule has 1 aromatic heterocycles. The molecular formula is C21H24N4OS. The van der Waals surface area contributed by atoms with Gasteiger partial charge < -0.3 is 9.88 Å². The van der Waals surface area contributed by atoms with Gasteiger partial charge in [0.15, 0.2) is 11.0 Å². The number of hydrogen-bond donors (Lipinski definition) is 1. The van der Waals surface area contributed by atoms with Crippen LogP contribution >= 0.6 is 11.8 Å². The number of anilines is 1. The molecule has 1 atom stereocenters. The molecule has 0 fully saturated rings. The molecule has 1 unspecified atom stereocenters. The lowest BCUT2D eigenvalue weighted by atomic mass is 10.1. The molecule has 3 rings (SSSR count). The molecule has 1 heterocycles. The Labute approximate surface area is 164 Å². The molecule has 5 nitrogen and oxygen atoms in total. The van der Waals surface area contributed by atoms with E-state index in [0.29, 0.717) is 0 Å². The highest BCUT2D eigenvalue weighted by Gasteiger charge is 2.21. The van der Waals surface area contributed by atoms with Gasteiger partial charge in [0.25, 0.3) is 0 Å². The van der Waals surface area contributed by atoms with Crippen LogP contribution in [0.1, 0.15) is 25.0 Å². The molecule has 6 heteroatoms. The molecule has 1 amide bonds. The van der Waals surface area contributed by atoms with Crippen LogP contribution in [0, 0.1) is 13.8 Å². The van der Waals surface area contributed by atoms with E-state index < -0.39 is 0 Å². The van der Waals surface area contributed by atoms with Crippen molar-refractivity contribution in [2.24, 2.45) is 0 Å². The van der Waals surface area contributed by atoms with E-state index in [-0.39, 0.29) is 11.2 Å². The summed E-state index contributed by atoms with van der Waals surface area (Å²) in [6.07, 6.45) is 0. The van der Waals surface area contributed by atoms with E-state index in [1.54, 1.807) is 0 Å². The third-order valence-corrected chi connectivity index (χ3v) is 5.55. The van der Waals surface area contributed by atoms with Gasteiger partial charge in [-0.05, 0) is 44.9 Å². The minimum atomic E-state index is -0.288. The van der Waals surface area contributed by atoms with Crippen LogP contribution in [0.15, 0.2) is 53.7 Å². The number of nitrogens with zero attached hydrogens (tertiary/aromatic N) is 3. The molecule has 0 saturated carbocycles. The van der Waals surface area contributed by atoms with Crippen LogP contribution < -0.4 is 5.32 Å². The number of nitrogens with one attached hydrogen (secondary N) is 1. The fraction of sp³-hybridized carbons (Fsp3) is 0.286. The normalized spacial score (nSPS) is 12.0. The maximum atomic E-state index is 12.6. The van der Waals surface area contributed by atoms with Crippen molar-refractivity contribution in [3.63, 3.8) is 0 Å². The lowest BCUT2D eigenvalue weighted by Crippen LogP contribution is -2.23.